The Balaban J connectivity index is 1.92. The van der Waals surface area contributed by atoms with Gasteiger partial charge in [-0.05, 0) is 12.1 Å². The molecule has 0 spiro atoms. The molecule has 3 nitrogen and oxygen atoms in total. The van der Waals surface area contributed by atoms with Crippen molar-refractivity contribution in [1.82, 2.24) is 4.98 Å². The molecule has 0 atom stereocenters. The largest absolute Gasteiger partial charge is 0.465 e. The average Bonchev–Trinajstić information content (AvgIpc) is 2.66. The highest BCUT2D eigenvalue weighted by atomic mass is 32.2. The normalized spacial score (nSPS) is 10.6. The molecule has 0 saturated carbocycles. The van der Waals surface area contributed by atoms with Crippen LogP contribution in [0.1, 0.15) is 6.92 Å². The van der Waals surface area contributed by atoms with Gasteiger partial charge in [0.1, 0.15) is 6.61 Å². The second kappa shape index (κ2) is 5.32. The van der Waals surface area contributed by atoms with Gasteiger partial charge in [0, 0.05) is 12.7 Å². The molecule has 0 radical (unpaired) electrons. The number of aromatic nitrogens is 1. The molecular formula is C11H11NO2S2. The van der Waals surface area contributed by atoms with Crippen LogP contribution in [0.5, 0.6) is 0 Å². The van der Waals surface area contributed by atoms with Gasteiger partial charge in [-0.2, -0.15) is 0 Å². The molecule has 0 N–H and O–H groups in total. The summed E-state index contributed by atoms with van der Waals surface area (Å²) in [5, 5.41) is 0. The minimum Gasteiger partial charge on any atom is -0.465 e. The average molecular weight is 253 g/mol. The van der Waals surface area contributed by atoms with Gasteiger partial charge in [-0.1, -0.05) is 23.9 Å². The fraction of sp³-hybridized carbons (Fsp3) is 0.273. The summed E-state index contributed by atoms with van der Waals surface area (Å²) in [6.07, 6.45) is 0. The molecule has 5 heteroatoms. The summed E-state index contributed by atoms with van der Waals surface area (Å²) >= 11 is 3.29. The number of carbonyl (C=O) groups excluding carboxylic acids is 1. The van der Waals surface area contributed by atoms with E-state index in [4.69, 9.17) is 4.74 Å². The molecule has 2 aromatic rings. The zero-order chi connectivity index (χ0) is 11.4. The van der Waals surface area contributed by atoms with Crippen LogP contribution in [-0.4, -0.2) is 23.3 Å². The number of hydrogen-bond acceptors (Lipinski definition) is 5. The topological polar surface area (TPSA) is 39.2 Å². The first kappa shape index (κ1) is 11.4. The number of thioether (sulfide) groups is 1. The van der Waals surface area contributed by atoms with E-state index in [2.05, 4.69) is 11.1 Å². The van der Waals surface area contributed by atoms with Gasteiger partial charge in [0.15, 0.2) is 4.34 Å². The Kier molecular flexibility index (Phi) is 3.79. The number of benzene rings is 1. The quantitative estimate of drug-likeness (QED) is 0.477. The van der Waals surface area contributed by atoms with Gasteiger partial charge in [-0.25, -0.2) is 4.98 Å². The molecule has 1 aromatic carbocycles. The standard InChI is InChI=1S/C11H11NO2S2/c1-8(13)14-6-7-15-11-12-9-4-2-3-5-10(9)16-11/h2-5H,6-7H2,1H3. The second-order valence-corrected chi connectivity index (χ2v) is 5.51. The van der Waals surface area contributed by atoms with Gasteiger partial charge in [0.25, 0.3) is 0 Å². The Bertz CT molecular complexity index is 462. The molecule has 0 bridgehead atoms. The van der Waals surface area contributed by atoms with E-state index in [1.807, 2.05) is 18.2 Å². The lowest BCUT2D eigenvalue weighted by atomic mass is 10.3. The van der Waals surface area contributed by atoms with Crippen LogP contribution >= 0.6 is 23.1 Å². The maximum absolute atomic E-state index is 10.6. The Morgan fingerprint density at radius 1 is 1.50 bits per heavy atom. The number of carbonyl (C=O) groups is 1. The number of para-hydroxylation sites is 1. The summed E-state index contributed by atoms with van der Waals surface area (Å²) in [6.45, 7) is 1.86. The van der Waals surface area contributed by atoms with Crippen molar-refractivity contribution in [2.24, 2.45) is 0 Å². The molecule has 0 amide bonds. The van der Waals surface area contributed by atoms with Gasteiger partial charge >= 0.3 is 5.97 Å². The van der Waals surface area contributed by atoms with Crippen molar-refractivity contribution in [2.75, 3.05) is 12.4 Å². The third kappa shape index (κ3) is 2.96. The van der Waals surface area contributed by atoms with E-state index >= 15 is 0 Å². The maximum atomic E-state index is 10.6. The van der Waals surface area contributed by atoms with E-state index in [-0.39, 0.29) is 5.97 Å². The summed E-state index contributed by atoms with van der Waals surface area (Å²) in [5.41, 5.74) is 1.03. The number of rotatable bonds is 4. The molecular weight excluding hydrogens is 242 g/mol. The van der Waals surface area contributed by atoms with Crippen molar-refractivity contribution >= 4 is 39.3 Å². The summed E-state index contributed by atoms with van der Waals surface area (Å²) < 4.78 is 7.07. The molecule has 2 rings (SSSR count). The van der Waals surface area contributed by atoms with Crippen LogP contribution in [0.15, 0.2) is 28.6 Å². The highest BCUT2D eigenvalue weighted by molar-refractivity contribution is 8.01. The number of fused-ring (bicyclic) bond motifs is 1. The SMILES string of the molecule is CC(=O)OCCSc1nc2ccccc2s1. The summed E-state index contributed by atoms with van der Waals surface area (Å²) in [6, 6.07) is 8.05. The molecule has 0 aliphatic heterocycles. The van der Waals surface area contributed by atoms with Crippen LogP contribution < -0.4 is 0 Å². The van der Waals surface area contributed by atoms with Gasteiger partial charge in [0.05, 0.1) is 10.2 Å². The van der Waals surface area contributed by atoms with Gasteiger partial charge in [-0.3, -0.25) is 4.79 Å². The van der Waals surface area contributed by atoms with Crippen molar-refractivity contribution in [3.8, 4) is 0 Å². The molecule has 16 heavy (non-hydrogen) atoms. The smallest absolute Gasteiger partial charge is 0.302 e. The third-order valence-corrected chi connectivity index (χ3v) is 4.03. The Hall–Kier alpha value is -1.07. The lowest BCUT2D eigenvalue weighted by Crippen LogP contribution is -2.02. The zero-order valence-electron chi connectivity index (χ0n) is 8.80. The lowest BCUT2D eigenvalue weighted by molar-refractivity contribution is -0.140. The minimum atomic E-state index is -0.232. The van der Waals surface area contributed by atoms with Crippen molar-refractivity contribution < 1.29 is 9.53 Å². The first-order valence-electron chi connectivity index (χ1n) is 4.87. The molecule has 0 aliphatic carbocycles. The van der Waals surface area contributed by atoms with Crippen LogP contribution in [0.4, 0.5) is 0 Å². The van der Waals surface area contributed by atoms with Crippen molar-refractivity contribution in [3.05, 3.63) is 24.3 Å². The number of nitrogens with zero attached hydrogens (tertiary/aromatic N) is 1. The van der Waals surface area contributed by atoms with E-state index in [0.29, 0.717) is 6.61 Å². The highest BCUT2D eigenvalue weighted by Gasteiger charge is 2.03. The fourth-order valence-electron chi connectivity index (χ4n) is 1.23. The zero-order valence-corrected chi connectivity index (χ0v) is 10.4. The Labute approximate surface area is 102 Å². The number of ether oxygens (including phenoxy) is 1. The summed E-state index contributed by atoms with van der Waals surface area (Å²) in [4.78, 5) is 15.0. The fourth-order valence-corrected chi connectivity index (χ4v) is 3.18. The minimum absolute atomic E-state index is 0.232. The van der Waals surface area contributed by atoms with Crippen LogP contribution in [0.3, 0.4) is 0 Å². The first-order chi connectivity index (χ1) is 7.75. The number of esters is 1. The van der Waals surface area contributed by atoms with E-state index in [0.717, 1.165) is 15.6 Å². The molecule has 0 fully saturated rings. The molecule has 1 aromatic heterocycles. The van der Waals surface area contributed by atoms with Crippen molar-refractivity contribution in [2.45, 2.75) is 11.3 Å². The second-order valence-electron chi connectivity index (χ2n) is 3.14. The van der Waals surface area contributed by atoms with Crippen LogP contribution in [-0.2, 0) is 9.53 Å². The summed E-state index contributed by atoms with van der Waals surface area (Å²) in [5.74, 6) is 0.518. The molecule has 0 saturated heterocycles. The molecule has 0 unspecified atom stereocenters. The molecule has 84 valence electrons. The van der Waals surface area contributed by atoms with Crippen LogP contribution in [0.25, 0.3) is 10.2 Å². The Morgan fingerprint density at radius 2 is 2.31 bits per heavy atom. The van der Waals surface area contributed by atoms with Crippen LogP contribution in [0, 0.1) is 0 Å². The monoisotopic (exact) mass is 253 g/mol. The number of thiazole rings is 1. The number of hydrogen-bond donors (Lipinski definition) is 0. The predicted molar refractivity (Wildman–Crippen MR) is 67.0 cm³/mol. The lowest BCUT2D eigenvalue weighted by Gasteiger charge is -1.98. The third-order valence-electron chi connectivity index (χ3n) is 1.89. The highest BCUT2D eigenvalue weighted by Crippen LogP contribution is 2.28. The van der Waals surface area contributed by atoms with E-state index in [1.165, 1.54) is 11.6 Å². The van der Waals surface area contributed by atoms with Crippen LogP contribution in [0.2, 0.25) is 0 Å². The summed E-state index contributed by atoms with van der Waals surface area (Å²) in [7, 11) is 0. The van der Waals surface area contributed by atoms with E-state index in [1.54, 1.807) is 23.1 Å². The van der Waals surface area contributed by atoms with Crippen molar-refractivity contribution in [3.63, 3.8) is 0 Å². The molecule has 0 aliphatic rings. The van der Waals surface area contributed by atoms with Gasteiger partial charge in [-0.15, -0.1) is 11.3 Å². The first-order valence-corrected chi connectivity index (χ1v) is 6.67. The molecule has 1 heterocycles. The van der Waals surface area contributed by atoms with E-state index < -0.39 is 0 Å². The van der Waals surface area contributed by atoms with Gasteiger partial charge < -0.3 is 4.74 Å². The van der Waals surface area contributed by atoms with Crippen molar-refractivity contribution in [1.29, 1.82) is 0 Å². The predicted octanol–water partition coefficient (Wildman–Crippen LogP) is 2.95. The maximum Gasteiger partial charge on any atom is 0.302 e. The van der Waals surface area contributed by atoms with E-state index in [9.17, 15) is 4.79 Å². The Morgan fingerprint density at radius 3 is 3.06 bits per heavy atom. The van der Waals surface area contributed by atoms with Gasteiger partial charge in [0.2, 0.25) is 0 Å².